The summed E-state index contributed by atoms with van der Waals surface area (Å²) in [6.07, 6.45) is 0.689. The lowest BCUT2D eigenvalue weighted by atomic mass is 10.0. The lowest BCUT2D eigenvalue weighted by molar-refractivity contribution is -0.134. The molecule has 2 aliphatic heterocycles. The van der Waals surface area contributed by atoms with E-state index < -0.39 is 5.60 Å². The Morgan fingerprint density at radius 2 is 1.93 bits per heavy atom. The van der Waals surface area contributed by atoms with Gasteiger partial charge in [-0.15, -0.1) is 0 Å². The first-order chi connectivity index (χ1) is 13.0. The summed E-state index contributed by atoms with van der Waals surface area (Å²) in [6, 6.07) is 7.52. The molecule has 27 heavy (non-hydrogen) atoms. The molecule has 0 radical (unpaired) electrons. The minimum absolute atomic E-state index is 0.0555. The van der Waals surface area contributed by atoms with Crippen LogP contribution in [0, 0.1) is 0 Å². The monoisotopic (exact) mass is 369 g/mol. The summed E-state index contributed by atoms with van der Waals surface area (Å²) < 4.78 is 9.01. The summed E-state index contributed by atoms with van der Waals surface area (Å²) >= 11 is 0. The summed E-state index contributed by atoms with van der Waals surface area (Å²) in [5.74, 6) is 0.574. The fraction of sp³-hybridized carbons (Fsp3) is 0.471. The maximum atomic E-state index is 12.7. The molecule has 1 fully saturated rings. The van der Waals surface area contributed by atoms with E-state index in [0.29, 0.717) is 31.9 Å². The van der Waals surface area contributed by atoms with E-state index in [2.05, 4.69) is 15.3 Å². The molecule has 0 aliphatic carbocycles. The van der Waals surface area contributed by atoms with Crippen LogP contribution in [0.15, 0.2) is 29.1 Å². The minimum atomic E-state index is -0.530. The quantitative estimate of drug-likeness (QED) is 0.605. The van der Waals surface area contributed by atoms with Gasteiger partial charge < -0.3 is 9.64 Å². The maximum absolute atomic E-state index is 12.7. The number of amides is 1. The molecule has 1 unspecified atom stereocenters. The number of aromatic nitrogens is 6. The van der Waals surface area contributed by atoms with Crippen molar-refractivity contribution in [2.24, 2.45) is 7.05 Å². The third kappa shape index (κ3) is 2.64. The first-order valence-corrected chi connectivity index (χ1v) is 8.87. The van der Waals surface area contributed by atoms with Gasteiger partial charge in [0.2, 0.25) is 5.91 Å². The molecule has 0 N–H and O–H groups in total. The van der Waals surface area contributed by atoms with Crippen LogP contribution in [-0.4, -0.2) is 58.8 Å². The van der Waals surface area contributed by atoms with Gasteiger partial charge in [-0.2, -0.15) is 20.1 Å². The average Bonchev–Trinajstić information content (AvgIpc) is 3.33. The Morgan fingerprint density at radius 1 is 1.19 bits per heavy atom. The zero-order valence-electron chi connectivity index (χ0n) is 14.9. The van der Waals surface area contributed by atoms with Crippen LogP contribution >= 0.6 is 0 Å². The number of rotatable bonds is 2. The van der Waals surface area contributed by atoms with E-state index in [-0.39, 0.29) is 24.7 Å². The Bertz CT molecular complexity index is 1060. The zero-order valence-corrected chi connectivity index (χ0v) is 14.9. The lowest BCUT2D eigenvalue weighted by Crippen LogP contribution is -2.47. The van der Waals surface area contributed by atoms with Crippen molar-refractivity contribution in [1.82, 2.24) is 34.2 Å². The highest BCUT2D eigenvalue weighted by molar-refractivity contribution is 5.77. The molecule has 2 aromatic heterocycles. The predicted octanol–water partition coefficient (Wildman–Crippen LogP) is -0.472. The van der Waals surface area contributed by atoms with Crippen LogP contribution in [0.4, 0.5) is 0 Å². The number of carbonyl (C=O) groups excluding carboxylic acids is 1. The number of carbonyl (C=O) groups is 1. The SMILES string of the molecule is Cn1nc2n(c1=O)CC1(CCN(C(=O)Cn3nc4ccccc4n3)C1)OC2. The Labute approximate surface area is 153 Å². The van der Waals surface area contributed by atoms with Crippen molar-refractivity contribution >= 4 is 16.9 Å². The van der Waals surface area contributed by atoms with Crippen LogP contribution in [0.25, 0.3) is 11.0 Å². The zero-order chi connectivity index (χ0) is 18.6. The molecule has 140 valence electrons. The molecule has 5 rings (SSSR count). The molecule has 0 saturated carbocycles. The fourth-order valence-electron chi connectivity index (χ4n) is 3.87. The minimum Gasteiger partial charge on any atom is -0.363 e. The van der Waals surface area contributed by atoms with Crippen LogP contribution in [0.5, 0.6) is 0 Å². The van der Waals surface area contributed by atoms with Gasteiger partial charge in [0.1, 0.15) is 29.8 Å². The van der Waals surface area contributed by atoms with E-state index in [0.717, 1.165) is 11.0 Å². The summed E-state index contributed by atoms with van der Waals surface area (Å²) in [5.41, 5.74) is 0.854. The van der Waals surface area contributed by atoms with Gasteiger partial charge in [0.15, 0.2) is 5.82 Å². The van der Waals surface area contributed by atoms with Crippen molar-refractivity contribution in [2.75, 3.05) is 13.1 Å². The van der Waals surface area contributed by atoms with Crippen LogP contribution < -0.4 is 5.69 Å². The van der Waals surface area contributed by atoms with E-state index >= 15 is 0 Å². The van der Waals surface area contributed by atoms with Gasteiger partial charge in [0.25, 0.3) is 0 Å². The third-order valence-corrected chi connectivity index (χ3v) is 5.31. The number of hydrogen-bond acceptors (Lipinski definition) is 6. The van der Waals surface area contributed by atoms with Gasteiger partial charge in [-0.05, 0) is 18.6 Å². The summed E-state index contributed by atoms with van der Waals surface area (Å²) in [5, 5.41) is 12.9. The van der Waals surface area contributed by atoms with Gasteiger partial charge in [0, 0.05) is 13.6 Å². The number of fused-ring (bicyclic) bond motifs is 2. The van der Waals surface area contributed by atoms with Crippen LogP contribution in [0.3, 0.4) is 0 Å². The topological polar surface area (TPSA) is 100 Å². The van der Waals surface area contributed by atoms with Gasteiger partial charge in [-0.1, -0.05) is 12.1 Å². The molecule has 3 aromatic rings. The average molecular weight is 369 g/mol. The molecule has 2 aliphatic rings. The molecule has 4 heterocycles. The largest absolute Gasteiger partial charge is 0.363 e. The first kappa shape index (κ1) is 16.2. The van der Waals surface area contributed by atoms with Crippen molar-refractivity contribution in [3.8, 4) is 0 Å². The van der Waals surface area contributed by atoms with Crippen molar-refractivity contribution in [3.63, 3.8) is 0 Å². The number of ether oxygens (including phenoxy) is 1. The number of likely N-dealkylation sites (tertiary alicyclic amines) is 1. The number of aryl methyl sites for hydroxylation is 1. The highest BCUT2D eigenvalue weighted by atomic mass is 16.5. The second kappa shape index (κ2) is 5.74. The van der Waals surface area contributed by atoms with Crippen molar-refractivity contribution in [3.05, 3.63) is 40.6 Å². The third-order valence-electron chi connectivity index (χ3n) is 5.31. The van der Waals surface area contributed by atoms with Crippen molar-refractivity contribution in [1.29, 1.82) is 0 Å². The summed E-state index contributed by atoms with van der Waals surface area (Å²) in [4.78, 5) is 28.1. The van der Waals surface area contributed by atoms with Gasteiger partial charge >= 0.3 is 5.69 Å². The summed E-state index contributed by atoms with van der Waals surface area (Å²) in [7, 11) is 1.63. The standard InChI is InChI=1S/C17H19N7O3/c1-21-16(26)23-11-17(27-9-14(23)20-21)6-7-22(10-17)15(25)8-24-18-12-4-2-3-5-13(12)19-24/h2-5H,6-11H2,1H3. The number of hydrogen-bond donors (Lipinski definition) is 0. The molecular weight excluding hydrogens is 350 g/mol. The normalized spacial score (nSPS) is 21.9. The molecule has 0 bridgehead atoms. The Balaban J connectivity index is 1.31. The lowest BCUT2D eigenvalue weighted by Gasteiger charge is -2.33. The second-order valence-corrected chi connectivity index (χ2v) is 7.16. The molecule has 10 nitrogen and oxygen atoms in total. The van der Waals surface area contributed by atoms with Crippen molar-refractivity contribution < 1.29 is 9.53 Å². The van der Waals surface area contributed by atoms with Crippen molar-refractivity contribution in [2.45, 2.75) is 31.7 Å². The van der Waals surface area contributed by atoms with E-state index in [1.807, 2.05) is 24.3 Å². The highest BCUT2D eigenvalue weighted by Crippen LogP contribution is 2.31. The second-order valence-electron chi connectivity index (χ2n) is 7.16. The molecular formula is C17H19N7O3. The van der Waals surface area contributed by atoms with Crippen LogP contribution in [0.1, 0.15) is 12.2 Å². The Kier molecular flexibility index (Phi) is 3.44. The smallest absolute Gasteiger partial charge is 0.345 e. The molecule has 1 spiro atoms. The molecule has 1 amide bonds. The van der Waals surface area contributed by atoms with Crippen LogP contribution in [-0.2, 0) is 36.3 Å². The number of benzene rings is 1. The first-order valence-electron chi connectivity index (χ1n) is 8.87. The summed E-state index contributed by atoms with van der Waals surface area (Å²) in [6.45, 7) is 1.83. The molecule has 1 aromatic carbocycles. The highest BCUT2D eigenvalue weighted by Gasteiger charge is 2.44. The Hall–Kier alpha value is -3.01. The van der Waals surface area contributed by atoms with E-state index in [1.165, 1.54) is 9.48 Å². The van der Waals surface area contributed by atoms with E-state index in [9.17, 15) is 9.59 Å². The van der Waals surface area contributed by atoms with E-state index in [1.54, 1.807) is 16.5 Å². The van der Waals surface area contributed by atoms with Gasteiger partial charge in [0.05, 0.1) is 13.1 Å². The molecule has 1 atom stereocenters. The van der Waals surface area contributed by atoms with Crippen LogP contribution in [0.2, 0.25) is 0 Å². The van der Waals surface area contributed by atoms with Gasteiger partial charge in [-0.25, -0.2) is 9.48 Å². The molecule has 1 saturated heterocycles. The molecule has 10 heteroatoms. The fourth-order valence-corrected chi connectivity index (χ4v) is 3.87. The Morgan fingerprint density at radius 3 is 2.67 bits per heavy atom. The van der Waals surface area contributed by atoms with E-state index in [4.69, 9.17) is 4.74 Å². The number of nitrogens with zero attached hydrogens (tertiary/aromatic N) is 7. The predicted molar refractivity (Wildman–Crippen MR) is 93.7 cm³/mol. The van der Waals surface area contributed by atoms with Gasteiger partial charge in [-0.3, -0.25) is 9.36 Å². The maximum Gasteiger partial charge on any atom is 0.345 e.